The van der Waals surface area contributed by atoms with Gasteiger partial charge in [-0.2, -0.15) is 0 Å². The van der Waals surface area contributed by atoms with Crippen molar-refractivity contribution in [3.8, 4) is 11.6 Å². The lowest BCUT2D eigenvalue weighted by atomic mass is 10.2. The highest BCUT2D eigenvalue weighted by Crippen LogP contribution is 2.20. The van der Waals surface area contributed by atoms with Crippen LogP contribution in [0.25, 0.3) is 0 Å². The van der Waals surface area contributed by atoms with Crippen molar-refractivity contribution in [2.45, 2.75) is 20.1 Å². The summed E-state index contributed by atoms with van der Waals surface area (Å²) in [6.45, 7) is 3.06. The van der Waals surface area contributed by atoms with Gasteiger partial charge in [-0.05, 0) is 25.1 Å². The average molecular weight is 369 g/mol. The smallest absolute Gasteiger partial charge is 0.255 e. The molecule has 134 valence electrons. The van der Waals surface area contributed by atoms with E-state index in [0.717, 1.165) is 11.3 Å². The van der Waals surface area contributed by atoms with Gasteiger partial charge >= 0.3 is 0 Å². The van der Waals surface area contributed by atoms with Gasteiger partial charge in [0.1, 0.15) is 12.4 Å². The molecule has 2 aromatic heterocycles. The second-order valence-electron chi connectivity index (χ2n) is 5.35. The number of hydrogen-bond acceptors (Lipinski definition) is 6. The number of amides is 1. The molecule has 0 fully saturated rings. The summed E-state index contributed by atoms with van der Waals surface area (Å²) in [7, 11) is 0. The van der Waals surface area contributed by atoms with Crippen molar-refractivity contribution in [1.29, 1.82) is 0 Å². The molecule has 3 rings (SSSR count). The molecule has 1 aromatic carbocycles. The Morgan fingerprint density at radius 3 is 2.85 bits per heavy atom. The van der Waals surface area contributed by atoms with Gasteiger partial charge in [-0.3, -0.25) is 4.79 Å². The van der Waals surface area contributed by atoms with Crippen LogP contribution in [0.1, 0.15) is 28.5 Å². The van der Waals surface area contributed by atoms with E-state index in [2.05, 4.69) is 15.3 Å². The number of hydrogen-bond donors (Lipinski definition) is 1. The Morgan fingerprint density at radius 2 is 2.04 bits per heavy atom. The maximum atomic E-state index is 12.6. The van der Waals surface area contributed by atoms with Gasteiger partial charge in [0.25, 0.3) is 5.91 Å². The number of rotatable bonds is 8. The minimum atomic E-state index is -0.217. The fourth-order valence-corrected chi connectivity index (χ4v) is 2.88. The second kappa shape index (κ2) is 8.96. The number of benzene rings is 1. The third kappa shape index (κ3) is 4.58. The molecular weight excluding hydrogens is 350 g/mol. The van der Waals surface area contributed by atoms with Crippen molar-refractivity contribution in [2.24, 2.45) is 0 Å². The van der Waals surface area contributed by atoms with E-state index in [0.29, 0.717) is 37.0 Å². The number of nitrogens with zero attached hydrogens (tertiary/aromatic N) is 2. The molecule has 6 nitrogen and oxygen atoms in total. The van der Waals surface area contributed by atoms with Crippen LogP contribution in [0, 0.1) is 0 Å². The average Bonchev–Trinajstić information content (AvgIpc) is 3.19. The molecule has 0 spiro atoms. The lowest BCUT2D eigenvalue weighted by Gasteiger charge is -2.12. The number of pyridine rings is 1. The van der Waals surface area contributed by atoms with Crippen molar-refractivity contribution >= 4 is 17.2 Å². The lowest BCUT2D eigenvalue weighted by Crippen LogP contribution is -2.24. The summed E-state index contributed by atoms with van der Waals surface area (Å²) in [5.41, 5.74) is 3.89. The normalized spacial score (nSPS) is 10.3. The van der Waals surface area contributed by atoms with Crippen molar-refractivity contribution in [3.05, 3.63) is 70.3 Å². The van der Waals surface area contributed by atoms with Crippen LogP contribution in [-0.4, -0.2) is 22.5 Å². The van der Waals surface area contributed by atoms with Gasteiger partial charge in [0.15, 0.2) is 0 Å². The first-order valence-corrected chi connectivity index (χ1v) is 9.16. The molecule has 26 heavy (non-hydrogen) atoms. The van der Waals surface area contributed by atoms with Gasteiger partial charge in [-0.1, -0.05) is 18.2 Å². The Kier molecular flexibility index (Phi) is 6.16. The zero-order valence-corrected chi connectivity index (χ0v) is 15.2. The van der Waals surface area contributed by atoms with Gasteiger partial charge in [0, 0.05) is 23.7 Å². The van der Waals surface area contributed by atoms with E-state index in [-0.39, 0.29) is 5.91 Å². The fourth-order valence-electron chi connectivity index (χ4n) is 2.34. The first-order valence-electron chi connectivity index (χ1n) is 8.21. The Balaban J connectivity index is 1.66. The molecule has 1 amide bonds. The summed E-state index contributed by atoms with van der Waals surface area (Å²) in [5, 5.41) is 4.81. The first-order chi connectivity index (χ1) is 12.8. The molecule has 0 atom stereocenters. The van der Waals surface area contributed by atoms with Gasteiger partial charge in [0.05, 0.1) is 23.4 Å². The molecule has 0 bridgehead atoms. The van der Waals surface area contributed by atoms with Gasteiger partial charge in [-0.25, -0.2) is 9.97 Å². The molecule has 7 heteroatoms. The first kappa shape index (κ1) is 17.9. The standard InChI is InChI=1S/C19H19N3O3S/c1-2-24-19-14(6-5-9-20-19)10-21-18(23)16-7-3-4-8-17(16)25-11-15-12-26-13-22-15/h3-9,12-13H,2,10-11H2,1H3,(H,21,23). The number of carbonyl (C=O) groups excluding carboxylic acids is 1. The highest BCUT2D eigenvalue weighted by molar-refractivity contribution is 7.07. The van der Waals surface area contributed by atoms with E-state index in [1.54, 1.807) is 29.9 Å². The third-order valence-electron chi connectivity index (χ3n) is 3.56. The zero-order valence-electron chi connectivity index (χ0n) is 14.3. The molecule has 0 aliphatic carbocycles. The summed E-state index contributed by atoms with van der Waals surface area (Å²) >= 11 is 1.51. The van der Waals surface area contributed by atoms with Crippen LogP contribution < -0.4 is 14.8 Å². The zero-order chi connectivity index (χ0) is 18.2. The molecule has 0 saturated carbocycles. The van der Waals surface area contributed by atoms with Crippen LogP contribution in [0.4, 0.5) is 0 Å². The number of thiazole rings is 1. The summed E-state index contributed by atoms with van der Waals surface area (Å²) in [6, 6.07) is 10.8. The molecule has 0 unspecified atom stereocenters. The molecule has 0 aliphatic rings. The van der Waals surface area contributed by atoms with Crippen LogP contribution in [0.5, 0.6) is 11.6 Å². The Morgan fingerprint density at radius 1 is 1.15 bits per heavy atom. The van der Waals surface area contributed by atoms with Crippen LogP contribution in [-0.2, 0) is 13.2 Å². The molecular formula is C19H19N3O3S. The van der Waals surface area contributed by atoms with Gasteiger partial charge in [-0.15, -0.1) is 11.3 Å². The summed E-state index contributed by atoms with van der Waals surface area (Å²) < 4.78 is 11.2. The van der Waals surface area contributed by atoms with E-state index in [1.807, 2.05) is 30.5 Å². The lowest BCUT2D eigenvalue weighted by molar-refractivity contribution is 0.0946. The van der Waals surface area contributed by atoms with Crippen LogP contribution in [0.2, 0.25) is 0 Å². The monoisotopic (exact) mass is 369 g/mol. The molecule has 0 aliphatic heterocycles. The van der Waals surface area contributed by atoms with E-state index < -0.39 is 0 Å². The molecule has 2 heterocycles. The third-order valence-corrected chi connectivity index (χ3v) is 4.20. The van der Waals surface area contributed by atoms with Crippen molar-refractivity contribution in [2.75, 3.05) is 6.61 Å². The molecule has 0 radical (unpaired) electrons. The van der Waals surface area contributed by atoms with E-state index in [4.69, 9.17) is 9.47 Å². The van der Waals surface area contributed by atoms with Gasteiger partial charge in [0.2, 0.25) is 5.88 Å². The largest absolute Gasteiger partial charge is 0.486 e. The molecule has 1 N–H and O–H groups in total. The number of carbonyl (C=O) groups is 1. The highest BCUT2D eigenvalue weighted by atomic mass is 32.1. The predicted octanol–water partition coefficient (Wildman–Crippen LogP) is 3.45. The number of para-hydroxylation sites is 1. The molecule has 3 aromatic rings. The highest BCUT2D eigenvalue weighted by Gasteiger charge is 2.13. The van der Waals surface area contributed by atoms with Crippen molar-refractivity contribution < 1.29 is 14.3 Å². The quantitative estimate of drug-likeness (QED) is 0.658. The summed E-state index contributed by atoms with van der Waals surface area (Å²) in [4.78, 5) is 21.0. The summed E-state index contributed by atoms with van der Waals surface area (Å²) in [5.74, 6) is 0.836. The topological polar surface area (TPSA) is 73.3 Å². The Bertz CT molecular complexity index is 853. The van der Waals surface area contributed by atoms with Crippen molar-refractivity contribution in [3.63, 3.8) is 0 Å². The number of ether oxygens (including phenoxy) is 2. The Hall–Kier alpha value is -2.93. The predicted molar refractivity (Wildman–Crippen MR) is 99.5 cm³/mol. The van der Waals surface area contributed by atoms with Crippen LogP contribution in [0.15, 0.2) is 53.5 Å². The molecule has 0 saturated heterocycles. The number of aromatic nitrogens is 2. The second-order valence-corrected chi connectivity index (χ2v) is 6.07. The SMILES string of the molecule is CCOc1ncccc1CNC(=O)c1ccccc1OCc1cscn1. The Labute approximate surface area is 155 Å². The van der Waals surface area contributed by atoms with E-state index in [1.165, 1.54) is 11.3 Å². The van der Waals surface area contributed by atoms with Gasteiger partial charge < -0.3 is 14.8 Å². The van der Waals surface area contributed by atoms with E-state index in [9.17, 15) is 4.79 Å². The van der Waals surface area contributed by atoms with E-state index >= 15 is 0 Å². The maximum Gasteiger partial charge on any atom is 0.255 e. The minimum absolute atomic E-state index is 0.217. The van der Waals surface area contributed by atoms with Crippen molar-refractivity contribution in [1.82, 2.24) is 15.3 Å². The number of nitrogens with one attached hydrogen (secondary N) is 1. The van der Waals surface area contributed by atoms with Crippen LogP contribution >= 0.6 is 11.3 Å². The maximum absolute atomic E-state index is 12.6. The van der Waals surface area contributed by atoms with Crippen LogP contribution in [0.3, 0.4) is 0 Å². The fraction of sp³-hybridized carbons (Fsp3) is 0.211. The minimum Gasteiger partial charge on any atom is -0.486 e. The summed E-state index contributed by atoms with van der Waals surface area (Å²) in [6.07, 6.45) is 1.66.